The standard InChI is InChI=1S/C26H27N3O2/c30-26(29-18-16-28(17-19-29)20-23-6-2-1-3-7-23)14-11-22-9-12-25(13-10-22)31-21-24-8-4-5-15-27-24/h1-15H,16-21H2. The first-order chi connectivity index (χ1) is 15.3. The lowest BCUT2D eigenvalue weighted by Gasteiger charge is -2.34. The van der Waals surface area contributed by atoms with Crippen molar-refractivity contribution in [2.24, 2.45) is 0 Å². The van der Waals surface area contributed by atoms with Gasteiger partial charge in [0.05, 0.1) is 5.69 Å². The highest BCUT2D eigenvalue weighted by atomic mass is 16.5. The van der Waals surface area contributed by atoms with Gasteiger partial charge in [0.2, 0.25) is 5.91 Å². The van der Waals surface area contributed by atoms with Gasteiger partial charge in [0.1, 0.15) is 12.4 Å². The van der Waals surface area contributed by atoms with Crippen molar-refractivity contribution < 1.29 is 9.53 Å². The third-order valence-electron chi connectivity index (χ3n) is 5.34. The van der Waals surface area contributed by atoms with Gasteiger partial charge in [0.15, 0.2) is 0 Å². The number of ether oxygens (including phenoxy) is 1. The van der Waals surface area contributed by atoms with E-state index in [-0.39, 0.29) is 5.91 Å². The van der Waals surface area contributed by atoms with E-state index >= 15 is 0 Å². The number of carbonyl (C=O) groups is 1. The average molecular weight is 414 g/mol. The molecule has 1 saturated heterocycles. The number of amides is 1. The predicted molar refractivity (Wildman–Crippen MR) is 122 cm³/mol. The van der Waals surface area contributed by atoms with E-state index in [4.69, 9.17) is 4.74 Å². The molecule has 0 saturated carbocycles. The van der Waals surface area contributed by atoms with E-state index in [2.05, 4.69) is 34.1 Å². The summed E-state index contributed by atoms with van der Waals surface area (Å²) in [6.45, 7) is 4.69. The van der Waals surface area contributed by atoms with Crippen LogP contribution in [0.25, 0.3) is 6.08 Å². The van der Waals surface area contributed by atoms with Gasteiger partial charge in [0.25, 0.3) is 0 Å². The third-order valence-corrected chi connectivity index (χ3v) is 5.34. The van der Waals surface area contributed by atoms with Gasteiger partial charge < -0.3 is 9.64 Å². The summed E-state index contributed by atoms with van der Waals surface area (Å²) in [4.78, 5) is 21.1. The quantitative estimate of drug-likeness (QED) is 0.549. The lowest BCUT2D eigenvalue weighted by molar-refractivity contribution is -0.127. The molecule has 1 aliphatic rings. The fraction of sp³-hybridized carbons (Fsp3) is 0.231. The second-order valence-corrected chi connectivity index (χ2v) is 7.60. The van der Waals surface area contributed by atoms with E-state index < -0.39 is 0 Å². The lowest BCUT2D eigenvalue weighted by Crippen LogP contribution is -2.47. The molecule has 0 atom stereocenters. The van der Waals surface area contributed by atoms with Crippen LogP contribution in [0.5, 0.6) is 5.75 Å². The number of rotatable bonds is 7. The maximum atomic E-state index is 12.6. The van der Waals surface area contributed by atoms with E-state index in [1.165, 1.54) is 5.56 Å². The fourth-order valence-corrected chi connectivity index (χ4v) is 3.56. The van der Waals surface area contributed by atoms with Crippen LogP contribution < -0.4 is 4.74 Å². The fourth-order valence-electron chi connectivity index (χ4n) is 3.56. The van der Waals surface area contributed by atoms with Crippen molar-refractivity contribution in [1.82, 2.24) is 14.8 Å². The highest BCUT2D eigenvalue weighted by Crippen LogP contribution is 2.15. The zero-order valence-corrected chi connectivity index (χ0v) is 17.6. The summed E-state index contributed by atoms with van der Waals surface area (Å²) in [7, 11) is 0. The molecule has 1 fully saturated rings. The number of hydrogen-bond acceptors (Lipinski definition) is 4. The largest absolute Gasteiger partial charge is 0.487 e. The minimum Gasteiger partial charge on any atom is -0.487 e. The molecule has 1 aromatic heterocycles. The first-order valence-corrected chi connectivity index (χ1v) is 10.6. The van der Waals surface area contributed by atoms with Crippen LogP contribution in [0.4, 0.5) is 0 Å². The normalized spacial score (nSPS) is 14.6. The van der Waals surface area contributed by atoms with Crippen LogP contribution in [0.3, 0.4) is 0 Å². The van der Waals surface area contributed by atoms with Crippen molar-refractivity contribution in [2.45, 2.75) is 13.2 Å². The first kappa shape index (κ1) is 20.8. The molecular weight excluding hydrogens is 386 g/mol. The Morgan fingerprint density at radius 2 is 1.65 bits per heavy atom. The number of aromatic nitrogens is 1. The molecule has 0 spiro atoms. The Kier molecular flexibility index (Phi) is 7.08. The van der Waals surface area contributed by atoms with E-state index in [1.54, 1.807) is 12.3 Å². The van der Waals surface area contributed by atoms with Gasteiger partial charge in [-0.3, -0.25) is 14.7 Å². The molecule has 5 nitrogen and oxygen atoms in total. The molecule has 0 N–H and O–H groups in total. The molecule has 5 heteroatoms. The van der Waals surface area contributed by atoms with Crippen LogP contribution >= 0.6 is 0 Å². The Labute approximate surface area is 183 Å². The Bertz CT molecular complexity index is 980. The zero-order chi connectivity index (χ0) is 21.3. The molecule has 2 heterocycles. The molecule has 1 aliphatic heterocycles. The van der Waals surface area contributed by atoms with Gasteiger partial charge in [-0.05, 0) is 41.5 Å². The molecule has 3 aromatic rings. The monoisotopic (exact) mass is 413 g/mol. The Morgan fingerprint density at radius 1 is 0.903 bits per heavy atom. The maximum Gasteiger partial charge on any atom is 0.246 e. The minimum atomic E-state index is 0.0647. The maximum absolute atomic E-state index is 12.6. The van der Waals surface area contributed by atoms with Crippen molar-refractivity contribution in [3.8, 4) is 5.75 Å². The van der Waals surface area contributed by atoms with Crippen molar-refractivity contribution >= 4 is 12.0 Å². The summed E-state index contributed by atoms with van der Waals surface area (Å²) in [6.07, 6.45) is 5.28. The summed E-state index contributed by atoms with van der Waals surface area (Å²) in [6, 6.07) is 24.0. The second-order valence-electron chi connectivity index (χ2n) is 7.60. The number of hydrogen-bond donors (Lipinski definition) is 0. The Hall–Kier alpha value is -3.44. The highest BCUT2D eigenvalue weighted by molar-refractivity contribution is 5.91. The summed E-state index contributed by atoms with van der Waals surface area (Å²) < 4.78 is 5.75. The van der Waals surface area contributed by atoms with E-state index in [0.29, 0.717) is 6.61 Å². The van der Waals surface area contributed by atoms with Crippen LogP contribution in [0.1, 0.15) is 16.8 Å². The van der Waals surface area contributed by atoms with Crippen molar-refractivity contribution in [2.75, 3.05) is 26.2 Å². The Morgan fingerprint density at radius 3 is 2.35 bits per heavy atom. The van der Waals surface area contributed by atoms with E-state index in [1.807, 2.05) is 59.5 Å². The SMILES string of the molecule is O=C(C=Cc1ccc(OCc2ccccn2)cc1)N1CCN(Cc2ccccc2)CC1. The van der Waals surface area contributed by atoms with Crippen LogP contribution in [0.2, 0.25) is 0 Å². The van der Waals surface area contributed by atoms with Crippen LogP contribution in [0, 0.1) is 0 Å². The van der Waals surface area contributed by atoms with Gasteiger partial charge in [-0.15, -0.1) is 0 Å². The average Bonchev–Trinajstić information content (AvgIpc) is 2.84. The van der Waals surface area contributed by atoms with Gasteiger partial charge in [0, 0.05) is 45.0 Å². The van der Waals surface area contributed by atoms with Crippen molar-refractivity contribution in [3.63, 3.8) is 0 Å². The molecule has 1 amide bonds. The number of benzene rings is 2. The summed E-state index contributed by atoms with van der Waals surface area (Å²) >= 11 is 0. The molecule has 0 radical (unpaired) electrons. The van der Waals surface area contributed by atoms with Crippen molar-refractivity contribution in [1.29, 1.82) is 0 Å². The van der Waals surface area contributed by atoms with Gasteiger partial charge in [-0.1, -0.05) is 48.5 Å². The molecular formula is C26H27N3O2. The molecule has 0 unspecified atom stereocenters. The smallest absolute Gasteiger partial charge is 0.246 e. The minimum absolute atomic E-state index is 0.0647. The molecule has 2 aromatic carbocycles. The highest BCUT2D eigenvalue weighted by Gasteiger charge is 2.19. The summed E-state index contributed by atoms with van der Waals surface area (Å²) in [5.41, 5.74) is 3.18. The molecule has 158 valence electrons. The Balaban J connectivity index is 1.22. The lowest BCUT2D eigenvalue weighted by atomic mass is 10.2. The second kappa shape index (κ2) is 10.5. The van der Waals surface area contributed by atoms with Crippen LogP contribution in [0.15, 0.2) is 85.1 Å². The zero-order valence-electron chi connectivity index (χ0n) is 17.6. The van der Waals surface area contributed by atoms with Gasteiger partial charge in [-0.2, -0.15) is 0 Å². The number of pyridine rings is 1. The topological polar surface area (TPSA) is 45.7 Å². The number of nitrogens with zero attached hydrogens (tertiary/aromatic N) is 3. The summed E-state index contributed by atoms with van der Waals surface area (Å²) in [5.74, 6) is 0.846. The van der Waals surface area contributed by atoms with Gasteiger partial charge >= 0.3 is 0 Å². The number of carbonyl (C=O) groups excluding carboxylic acids is 1. The first-order valence-electron chi connectivity index (χ1n) is 10.6. The molecule has 31 heavy (non-hydrogen) atoms. The molecule has 0 aliphatic carbocycles. The summed E-state index contributed by atoms with van der Waals surface area (Å²) in [5, 5.41) is 0. The van der Waals surface area contributed by atoms with Crippen molar-refractivity contribution in [3.05, 3.63) is 102 Å². The van der Waals surface area contributed by atoms with Crippen LogP contribution in [-0.4, -0.2) is 46.9 Å². The molecule has 4 rings (SSSR count). The van der Waals surface area contributed by atoms with Gasteiger partial charge in [-0.25, -0.2) is 0 Å². The number of piperazine rings is 1. The van der Waals surface area contributed by atoms with Crippen LogP contribution in [-0.2, 0) is 17.9 Å². The predicted octanol–water partition coefficient (Wildman–Crippen LogP) is 4.02. The van der Waals surface area contributed by atoms with E-state index in [0.717, 1.165) is 49.7 Å². The molecule has 0 bridgehead atoms. The van der Waals surface area contributed by atoms with E-state index in [9.17, 15) is 4.79 Å². The third kappa shape index (κ3) is 6.27.